The first-order chi connectivity index (χ1) is 13.1. The third kappa shape index (κ3) is 4.99. The lowest BCUT2D eigenvalue weighted by Crippen LogP contribution is -2.13. The van der Waals surface area contributed by atoms with E-state index in [9.17, 15) is 4.79 Å². The van der Waals surface area contributed by atoms with Crippen LogP contribution in [0.25, 0.3) is 0 Å². The zero-order chi connectivity index (χ0) is 19.2. The number of ether oxygens (including phenoxy) is 2. The Morgan fingerprint density at radius 3 is 2.19 bits per heavy atom. The number of aromatic nitrogens is 2. The van der Waals surface area contributed by atoms with Crippen LogP contribution in [-0.4, -0.2) is 35.5 Å². The molecule has 0 spiro atoms. The second-order valence-corrected chi connectivity index (χ2v) is 8.14. The Balaban J connectivity index is 1.60. The van der Waals surface area contributed by atoms with Crippen LogP contribution in [0.1, 0.15) is 17.3 Å². The number of hydrogen-bond donors (Lipinski definition) is 1. The van der Waals surface area contributed by atoms with Crippen LogP contribution in [0.2, 0.25) is 0 Å². The first-order valence-electron chi connectivity index (χ1n) is 8.18. The number of nitrogens with one attached hydrogen (secondary N) is 1. The van der Waals surface area contributed by atoms with Gasteiger partial charge in [-0.05, 0) is 55.5 Å². The van der Waals surface area contributed by atoms with Gasteiger partial charge in [-0.3, -0.25) is 4.79 Å². The molecule has 2 aromatic carbocycles. The summed E-state index contributed by atoms with van der Waals surface area (Å²) < 4.78 is 11.0. The van der Waals surface area contributed by atoms with Gasteiger partial charge in [0.2, 0.25) is 5.13 Å². The molecule has 0 radical (unpaired) electrons. The Labute approximate surface area is 165 Å². The van der Waals surface area contributed by atoms with Crippen LogP contribution >= 0.6 is 23.1 Å². The molecule has 0 fully saturated rings. The van der Waals surface area contributed by atoms with Gasteiger partial charge in [-0.1, -0.05) is 23.1 Å². The van der Waals surface area contributed by atoms with Gasteiger partial charge in [0.15, 0.2) is 10.1 Å². The molecule has 8 heteroatoms. The van der Waals surface area contributed by atoms with E-state index in [0.29, 0.717) is 10.7 Å². The Morgan fingerprint density at radius 1 is 1.00 bits per heavy atom. The van der Waals surface area contributed by atoms with Crippen molar-refractivity contribution in [3.63, 3.8) is 0 Å². The molecule has 1 atom stereocenters. The van der Waals surface area contributed by atoms with Gasteiger partial charge in [0.05, 0.1) is 19.5 Å². The molecule has 1 heterocycles. The van der Waals surface area contributed by atoms with Crippen molar-refractivity contribution < 1.29 is 14.3 Å². The van der Waals surface area contributed by atoms with E-state index in [1.54, 1.807) is 38.5 Å². The number of ketones is 1. The first kappa shape index (κ1) is 19.2. The van der Waals surface area contributed by atoms with Crippen molar-refractivity contribution in [2.45, 2.75) is 16.5 Å². The Bertz CT molecular complexity index is 895. The van der Waals surface area contributed by atoms with Crippen LogP contribution in [0.15, 0.2) is 52.9 Å². The molecule has 0 aliphatic rings. The summed E-state index contributed by atoms with van der Waals surface area (Å²) in [5.41, 5.74) is 1.54. The van der Waals surface area contributed by atoms with Crippen molar-refractivity contribution in [3.8, 4) is 11.5 Å². The average molecular weight is 402 g/mol. The maximum atomic E-state index is 12.6. The number of benzene rings is 2. The summed E-state index contributed by atoms with van der Waals surface area (Å²) in [4.78, 5) is 12.6. The van der Waals surface area contributed by atoms with Crippen LogP contribution in [-0.2, 0) is 0 Å². The molecular formula is C19H19N3O3S2. The lowest BCUT2D eigenvalue weighted by Gasteiger charge is -2.08. The van der Waals surface area contributed by atoms with Crippen LogP contribution in [0.4, 0.5) is 10.8 Å². The number of Topliss-reactive ketones (excluding diaryl/α,β-unsaturated/α-hetero) is 1. The van der Waals surface area contributed by atoms with Crippen molar-refractivity contribution in [3.05, 3.63) is 54.1 Å². The molecule has 27 heavy (non-hydrogen) atoms. The molecule has 0 aliphatic heterocycles. The van der Waals surface area contributed by atoms with Crippen LogP contribution in [0, 0.1) is 0 Å². The fourth-order valence-electron chi connectivity index (χ4n) is 2.30. The smallest absolute Gasteiger partial charge is 0.210 e. The van der Waals surface area contributed by atoms with E-state index in [0.717, 1.165) is 21.5 Å². The number of thioether (sulfide) groups is 1. The minimum atomic E-state index is -0.264. The van der Waals surface area contributed by atoms with Gasteiger partial charge >= 0.3 is 0 Å². The quantitative estimate of drug-likeness (QED) is 0.434. The number of carbonyl (C=O) groups is 1. The molecule has 0 bridgehead atoms. The fraction of sp³-hybridized carbons (Fsp3) is 0.211. The third-order valence-electron chi connectivity index (χ3n) is 3.77. The van der Waals surface area contributed by atoms with Crippen molar-refractivity contribution in [2.24, 2.45) is 0 Å². The topological polar surface area (TPSA) is 73.3 Å². The van der Waals surface area contributed by atoms with E-state index in [1.165, 1.54) is 23.1 Å². The van der Waals surface area contributed by atoms with E-state index in [1.807, 2.05) is 31.2 Å². The number of rotatable bonds is 8. The first-order valence-corrected chi connectivity index (χ1v) is 9.88. The van der Waals surface area contributed by atoms with E-state index in [-0.39, 0.29) is 11.0 Å². The Morgan fingerprint density at radius 2 is 1.59 bits per heavy atom. The largest absolute Gasteiger partial charge is 0.497 e. The predicted octanol–water partition coefficient (Wildman–Crippen LogP) is 4.66. The van der Waals surface area contributed by atoms with Gasteiger partial charge in [0.25, 0.3) is 0 Å². The molecule has 140 valence electrons. The highest BCUT2D eigenvalue weighted by molar-refractivity contribution is 8.02. The molecule has 3 aromatic rings. The molecule has 0 saturated carbocycles. The summed E-state index contributed by atoms with van der Waals surface area (Å²) in [6.45, 7) is 1.87. The SMILES string of the molecule is COc1ccc(Nc2nnc(S[C@H](C)C(=O)c3ccc(OC)cc3)s2)cc1. The lowest BCUT2D eigenvalue weighted by atomic mass is 10.1. The van der Waals surface area contributed by atoms with Crippen molar-refractivity contribution in [1.29, 1.82) is 0 Å². The minimum Gasteiger partial charge on any atom is -0.497 e. The summed E-state index contributed by atoms with van der Waals surface area (Å²) >= 11 is 2.81. The van der Waals surface area contributed by atoms with Crippen LogP contribution < -0.4 is 14.8 Å². The fourth-order valence-corrected chi connectivity index (χ4v) is 4.29. The Hall–Kier alpha value is -2.58. The van der Waals surface area contributed by atoms with Crippen molar-refractivity contribution in [2.75, 3.05) is 19.5 Å². The van der Waals surface area contributed by atoms with Gasteiger partial charge in [-0.2, -0.15) is 0 Å². The number of carbonyl (C=O) groups excluding carboxylic acids is 1. The second kappa shape index (κ2) is 8.88. The van der Waals surface area contributed by atoms with Gasteiger partial charge in [0, 0.05) is 11.3 Å². The van der Waals surface area contributed by atoms with Crippen LogP contribution in [0.5, 0.6) is 11.5 Å². The molecule has 6 nitrogen and oxygen atoms in total. The summed E-state index contributed by atoms with van der Waals surface area (Å²) in [6, 6.07) is 14.7. The van der Waals surface area contributed by atoms with Gasteiger partial charge in [-0.25, -0.2) is 0 Å². The molecule has 3 rings (SSSR count). The third-order valence-corrected chi connectivity index (χ3v) is 5.79. The van der Waals surface area contributed by atoms with E-state index in [2.05, 4.69) is 15.5 Å². The number of nitrogens with zero attached hydrogens (tertiary/aromatic N) is 2. The number of methoxy groups -OCH3 is 2. The van der Waals surface area contributed by atoms with E-state index in [4.69, 9.17) is 9.47 Å². The highest BCUT2D eigenvalue weighted by Crippen LogP contribution is 2.32. The predicted molar refractivity (Wildman–Crippen MR) is 109 cm³/mol. The summed E-state index contributed by atoms with van der Waals surface area (Å²) in [5.74, 6) is 1.56. The maximum Gasteiger partial charge on any atom is 0.210 e. The minimum absolute atomic E-state index is 0.0440. The normalized spacial score (nSPS) is 11.7. The molecule has 1 aromatic heterocycles. The molecule has 1 N–H and O–H groups in total. The summed E-state index contributed by atoms with van der Waals surface area (Å²) in [7, 11) is 3.23. The molecular weight excluding hydrogens is 382 g/mol. The zero-order valence-corrected chi connectivity index (χ0v) is 16.8. The van der Waals surface area contributed by atoms with Crippen LogP contribution in [0.3, 0.4) is 0 Å². The van der Waals surface area contributed by atoms with Gasteiger partial charge in [-0.15, -0.1) is 10.2 Å². The van der Waals surface area contributed by atoms with E-state index >= 15 is 0 Å². The Kier molecular flexibility index (Phi) is 6.31. The number of hydrogen-bond acceptors (Lipinski definition) is 8. The summed E-state index contributed by atoms with van der Waals surface area (Å²) in [6.07, 6.45) is 0. The second-order valence-electron chi connectivity index (χ2n) is 5.58. The summed E-state index contributed by atoms with van der Waals surface area (Å²) in [5, 5.41) is 11.9. The zero-order valence-electron chi connectivity index (χ0n) is 15.1. The molecule has 0 amide bonds. The van der Waals surface area contributed by atoms with Crippen molar-refractivity contribution >= 4 is 39.7 Å². The van der Waals surface area contributed by atoms with Gasteiger partial charge < -0.3 is 14.8 Å². The average Bonchev–Trinajstić information content (AvgIpc) is 3.14. The molecule has 0 aliphatic carbocycles. The maximum absolute atomic E-state index is 12.6. The lowest BCUT2D eigenvalue weighted by molar-refractivity contribution is 0.0994. The standard InChI is InChI=1S/C19H19N3O3S2/c1-12(17(23)13-4-8-15(24-2)9-5-13)26-19-22-21-18(27-19)20-14-6-10-16(25-3)11-7-14/h4-12H,1-3H3,(H,20,21)/t12-/m1/s1. The monoisotopic (exact) mass is 401 g/mol. The van der Waals surface area contributed by atoms with E-state index < -0.39 is 0 Å². The highest BCUT2D eigenvalue weighted by atomic mass is 32.2. The highest BCUT2D eigenvalue weighted by Gasteiger charge is 2.19. The molecule has 0 saturated heterocycles. The molecule has 0 unspecified atom stereocenters. The van der Waals surface area contributed by atoms with Gasteiger partial charge in [0.1, 0.15) is 11.5 Å². The number of anilines is 2. The van der Waals surface area contributed by atoms with Crippen molar-refractivity contribution in [1.82, 2.24) is 10.2 Å².